The van der Waals surface area contributed by atoms with Crippen molar-refractivity contribution in [3.05, 3.63) is 48.2 Å². The molecule has 1 aromatic heterocycles. The minimum atomic E-state index is -0.303. The molecule has 1 saturated heterocycles. The number of fused-ring (bicyclic) bond motifs is 1. The Morgan fingerprint density at radius 2 is 1.77 bits per heavy atom. The van der Waals surface area contributed by atoms with E-state index in [-0.39, 0.29) is 11.4 Å². The van der Waals surface area contributed by atoms with E-state index in [4.69, 9.17) is 9.47 Å². The van der Waals surface area contributed by atoms with Crippen LogP contribution in [0.1, 0.15) is 31.2 Å². The van der Waals surface area contributed by atoms with Crippen LogP contribution in [0.2, 0.25) is 0 Å². The van der Waals surface area contributed by atoms with Crippen LogP contribution in [0.3, 0.4) is 0 Å². The lowest BCUT2D eigenvalue weighted by molar-refractivity contribution is -0.124. The summed E-state index contributed by atoms with van der Waals surface area (Å²) in [6.07, 6.45) is 6.00. The smallest absolute Gasteiger partial charge is 0.234 e. The molecule has 1 amide bonds. The van der Waals surface area contributed by atoms with Gasteiger partial charge in [-0.05, 0) is 42.7 Å². The van der Waals surface area contributed by atoms with Gasteiger partial charge in [-0.25, -0.2) is 4.98 Å². The highest BCUT2D eigenvalue weighted by molar-refractivity contribution is 5.79. The van der Waals surface area contributed by atoms with E-state index < -0.39 is 0 Å². The Bertz CT molecular complexity index is 906. The van der Waals surface area contributed by atoms with E-state index in [0.29, 0.717) is 19.8 Å². The van der Waals surface area contributed by atoms with E-state index >= 15 is 0 Å². The van der Waals surface area contributed by atoms with Crippen LogP contribution in [0.25, 0.3) is 0 Å². The number of pyridine rings is 1. The molecule has 0 atom stereocenters. The monoisotopic (exact) mass is 422 g/mol. The summed E-state index contributed by atoms with van der Waals surface area (Å²) in [5.74, 6) is 2.69. The molecule has 0 unspecified atom stereocenters. The lowest BCUT2D eigenvalue weighted by Crippen LogP contribution is -2.52. The van der Waals surface area contributed by atoms with Crippen LogP contribution in [0.15, 0.2) is 42.6 Å². The molecule has 3 aliphatic rings. The standard InChI is InChI=1S/C24H30N4O3/c29-23(18-27-11-13-28(14-12-27)22-5-1-4-10-25-22)26-24(8-2-3-9-24)19-6-7-20-21(17-19)31-16-15-30-20/h1,4-7,10,17H,2-3,8-9,11-16,18H2,(H,26,29). The summed E-state index contributed by atoms with van der Waals surface area (Å²) >= 11 is 0. The molecule has 0 radical (unpaired) electrons. The van der Waals surface area contributed by atoms with Crippen molar-refractivity contribution >= 4 is 11.7 Å². The van der Waals surface area contributed by atoms with Gasteiger partial charge < -0.3 is 19.7 Å². The highest BCUT2D eigenvalue weighted by atomic mass is 16.6. The number of amides is 1. The average molecular weight is 423 g/mol. The van der Waals surface area contributed by atoms with Gasteiger partial charge in [0.05, 0.1) is 12.1 Å². The lowest BCUT2D eigenvalue weighted by atomic mass is 9.87. The summed E-state index contributed by atoms with van der Waals surface area (Å²) in [5, 5.41) is 3.40. The molecule has 1 aromatic carbocycles. The van der Waals surface area contributed by atoms with Crippen LogP contribution >= 0.6 is 0 Å². The molecule has 3 heterocycles. The van der Waals surface area contributed by atoms with Crippen molar-refractivity contribution < 1.29 is 14.3 Å². The molecule has 1 saturated carbocycles. The third kappa shape index (κ3) is 4.32. The van der Waals surface area contributed by atoms with Gasteiger partial charge in [0.15, 0.2) is 11.5 Å². The van der Waals surface area contributed by atoms with Gasteiger partial charge in [-0.3, -0.25) is 9.69 Å². The largest absolute Gasteiger partial charge is 0.486 e. The van der Waals surface area contributed by atoms with Gasteiger partial charge in [-0.1, -0.05) is 25.0 Å². The molecule has 7 nitrogen and oxygen atoms in total. The Balaban J connectivity index is 1.22. The van der Waals surface area contributed by atoms with Crippen LogP contribution in [-0.2, 0) is 10.3 Å². The highest BCUT2D eigenvalue weighted by Crippen LogP contribution is 2.42. The number of piperazine rings is 1. The third-order valence-electron chi connectivity index (χ3n) is 6.64. The van der Waals surface area contributed by atoms with Crippen molar-refractivity contribution in [1.29, 1.82) is 0 Å². The van der Waals surface area contributed by atoms with Gasteiger partial charge in [0.25, 0.3) is 0 Å². The maximum Gasteiger partial charge on any atom is 0.234 e. The second-order valence-corrected chi connectivity index (χ2v) is 8.65. The fourth-order valence-electron chi connectivity index (χ4n) is 4.99. The predicted molar refractivity (Wildman–Crippen MR) is 119 cm³/mol. The summed E-state index contributed by atoms with van der Waals surface area (Å²) in [7, 11) is 0. The average Bonchev–Trinajstić information content (AvgIpc) is 3.29. The van der Waals surface area contributed by atoms with Crippen molar-refractivity contribution in [3.8, 4) is 11.5 Å². The fraction of sp³-hybridized carbons (Fsp3) is 0.500. The predicted octanol–water partition coefficient (Wildman–Crippen LogP) is 2.56. The number of ether oxygens (including phenoxy) is 2. The molecule has 0 bridgehead atoms. The van der Waals surface area contributed by atoms with Gasteiger partial charge >= 0.3 is 0 Å². The SMILES string of the molecule is O=C(CN1CCN(c2ccccn2)CC1)NC1(c2ccc3c(c2)OCCO3)CCCC1. The third-order valence-corrected chi connectivity index (χ3v) is 6.64. The Morgan fingerprint density at radius 1 is 1.00 bits per heavy atom. The van der Waals surface area contributed by atoms with Gasteiger partial charge in [-0.2, -0.15) is 0 Å². The van der Waals surface area contributed by atoms with Crippen LogP contribution in [-0.4, -0.2) is 61.7 Å². The van der Waals surface area contributed by atoms with E-state index in [1.165, 1.54) is 0 Å². The van der Waals surface area contributed by atoms with E-state index in [1.807, 2.05) is 30.5 Å². The first-order valence-corrected chi connectivity index (χ1v) is 11.3. The molecule has 2 aromatic rings. The van der Waals surface area contributed by atoms with Crippen molar-refractivity contribution in [2.24, 2.45) is 0 Å². The van der Waals surface area contributed by atoms with Crippen LogP contribution < -0.4 is 19.7 Å². The molecule has 31 heavy (non-hydrogen) atoms. The first-order valence-electron chi connectivity index (χ1n) is 11.3. The molecule has 2 fully saturated rings. The lowest BCUT2D eigenvalue weighted by Gasteiger charge is -2.36. The van der Waals surface area contributed by atoms with Crippen LogP contribution in [0.4, 0.5) is 5.82 Å². The number of aromatic nitrogens is 1. The van der Waals surface area contributed by atoms with Crippen molar-refractivity contribution in [2.45, 2.75) is 31.2 Å². The fourth-order valence-corrected chi connectivity index (χ4v) is 4.99. The summed E-state index contributed by atoms with van der Waals surface area (Å²) in [4.78, 5) is 22.0. The second-order valence-electron chi connectivity index (χ2n) is 8.65. The number of hydrogen-bond donors (Lipinski definition) is 1. The summed E-state index contributed by atoms with van der Waals surface area (Å²) in [5.41, 5.74) is 0.825. The van der Waals surface area contributed by atoms with Gasteiger partial charge in [0, 0.05) is 32.4 Å². The Morgan fingerprint density at radius 3 is 2.52 bits per heavy atom. The van der Waals surface area contributed by atoms with E-state index in [1.54, 1.807) is 0 Å². The van der Waals surface area contributed by atoms with Gasteiger partial charge in [0.1, 0.15) is 19.0 Å². The quantitative estimate of drug-likeness (QED) is 0.799. The minimum Gasteiger partial charge on any atom is -0.486 e. The van der Waals surface area contributed by atoms with Gasteiger partial charge in [-0.15, -0.1) is 0 Å². The Hall–Kier alpha value is -2.80. The van der Waals surface area contributed by atoms with E-state index in [9.17, 15) is 4.79 Å². The zero-order valence-corrected chi connectivity index (χ0v) is 17.9. The highest BCUT2D eigenvalue weighted by Gasteiger charge is 2.38. The van der Waals surface area contributed by atoms with E-state index in [2.05, 4.69) is 32.2 Å². The number of benzene rings is 1. The second kappa shape index (κ2) is 8.75. The number of hydrogen-bond acceptors (Lipinski definition) is 6. The Labute approximate surface area is 183 Å². The van der Waals surface area contributed by atoms with Crippen LogP contribution in [0, 0.1) is 0 Å². The van der Waals surface area contributed by atoms with Crippen LogP contribution in [0.5, 0.6) is 11.5 Å². The zero-order chi connectivity index (χ0) is 21.1. The number of carbonyl (C=O) groups is 1. The maximum atomic E-state index is 13.1. The molecular weight excluding hydrogens is 392 g/mol. The van der Waals surface area contributed by atoms with E-state index in [0.717, 1.165) is 74.7 Å². The maximum absolute atomic E-state index is 13.1. The first-order chi connectivity index (χ1) is 15.2. The molecule has 164 valence electrons. The van der Waals surface area contributed by atoms with Crippen molar-refractivity contribution in [1.82, 2.24) is 15.2 Å². The zero-order valence-electron chi connectivity index (χ0n) is 17.9. The molecule has 0 spiro atoms. The van der Waals surface area contributed by atoms with Gasteiger partial charge in [0.2, 0.25) is 5.91 Å². The summed E-state index contributed by atoms with van der Waals surface area (Å²) in [6.45, 7) is 5.09. The van der Waals surface area contributed by atoms with Crippen molar-refractivity contribution in [2.75, 3.05) is 50.8 Å². The molecule has 7 heteroatoms. The molecular formula is C24H30N4O3. The normalized spacial score (nSPS) is 20.5. The Kier molecular flexibility index (Phi) is 5.68. The first kappa shape index (κ1) is 20.1. The van der Waals surface area contributed by atoms with Crippen molar-refractivity contribution in [3.63, 3.8) is 0 Å². The molecule has 5 rings (SSSR count). The summed E-state index contributed by atoms with van der Waals surface area (Å²) in [6, 6.07) is 12.1. The molecule has 2 aliphatic heterocycles. The number of rotatable bonds is 5. The number of nitrogens with one attached hydrogen (secondary N) is 1. The number of carbonyl (C=O) groups excluding carboxylic acids is 1. The molecule has 1 aliphatic carbocycles. The topological polar surface area (TPSA) is 66.9 Å². The molecule has 1 N–H and O–H groups in total. The number of anilines is 1. The summed E-state index contributed by atoms with van der Waals surface area (Å²) < 4.78 is 11.5. The number of nitrogens with zero attached hydrogens (tertiary/aromatic N) is 3. The minimum absolute atomic E-state index is 0.100.